The third kappa shape index (κ3) is 7.32. The number of piperazine rings is 1. The SMILES string of the molecule is CCOC(=O)[C@H](CNC(=O)CN1CCN(c2ccc(C(=N)N)cc2)CC1=O)NS(=O)(=O)c1cccc2c1NCCC2. The molecule has 2 amide bonds. The number of nitrogens with one attached hydrogen (secondary N) is 4. The number of hydrogen-bond donors (Lipinski definition) is 5. The number of nitrogens with zero attached hydrogens (tertiary/aromatic N) is 2. The van der Waals surface area contributed by atoms with Gasteiger partial charge in [-0.15, -0.1) is 0 Å². The number of anilines is 2. The van der Waals surface area contributed by atoms with E-state index in [4.69, 9.17) is 15.9 Å². The topological polar surface area (TPSA) is 187 Å². The van der Waals surface area contributed by atoms with E-state index in [0.717, 1.165) is 24.1 Å². The largest absolute Gasteiger partial charge is 0.465 e. The van der Waals surface area contributed by atoms with Gasteiger partial charge in [0.2, 0.25) is 21.8 Å². The number of para-hydroxylation sites is 1. The van der Waals surface area contributed by atoms with Crippen molar-refractivity contribution >= 4 is 45.0 Å². The number of hydrogen-bond acceptors (Lipinski definition) is 9. The number of ether oxygens (including phenoxy) is 1. The van der Waals surface area contributed by atoms with Crippen molar-refractivity contribution in [2.45, 2.75) is 30.7 Å². The van der Waals surface area contributed by atoms with E-state index in [2.05, 4.69) is 15.4 Å². The van der Waals surface area contributed by atoms with E-state index in [0.29, 0.717) is 30.9 Å². The minimum Gasteiger partial charge on any atom is -0.465 e. The number of sulfonamides is 1. The number of nitrogens with two attached hydrogens (primary N) is 1. The van der Waals surface area contributed by atoms with Gasteiger partial charge in [0.25, 0.3) is 0 Å². The Labute approximate surface area is 239 Å². The van der Waals surface area contributed by atoms with Crippen LogP contribution in [-0.4, -0.2) is 88.9 Å². The summed E-state index contributed by atoms with van der Waals surface area (Å²) in [5.74, 6) is -1.66. The number of carbonyl (C=O) groups excluding carboxylic acids is 3. The molecular weight excluding hydrogens is 550 g/mol. The fourth-order valence-electron chi connectivity index (χ4n) is 4.76. The second kappa shape index (κ2) is 13.0. The molecule has 2 aliphatic heterocycles. The molecule has 6 N–H and O–H groups in total. The molecule has 1 saturated heterocycles. The molecule has 2 aromatic carbocycles. The molecule has 0 spiro atoms. The zero-order valence-corrected chi connectivity index (χ0v) is 23.6. The number of benzene rings is 2. The van der Waals surface area contributed by atoms with Crippen LogP contribution in [-0.2, 0) is 35.6 Å². The minimum absolute atomic E-state index is 0.0229. The minimum atomic E-state index is -4.14. The van der Waals surface area contributed by atoms with Gasteiger partial charge in [0, 0.05) is 37.4 Å². The van der Waals surface area contributed by atoms with E-state index in [1.807, 2.05) is 11.0 Å². The summed E-state index contributed by atoms with van der Waals surface area (Å²) in [5, 5.41) is 13.2. The Morgan fingerprint density at radius 3 is 2.61 bits per heavy atom. The second-order valence-corrected chi connectivity index (χ2v) is 11.4. The zero-order valence-electron chi connectivity index (χ0n) is 22.8. The predicted molar refractivity (Wildman–Crippen MR) is 153 cm³/mol. The predicted octanol–water partition coefficient (Wildman–Crippen LogP) is 0.00377. The first-order valence-corrected chi connectivity index (χ1v) is 14.9. The van der Waals surface area contributed by atoms with E-state index in [1.54, 1.807) is 37.3 Å². The van der Waals surface area contributed by atoms with Gasteiger partial charge in [-0.05, 0) is 55.7 Å². The van der Waals surface area contributed by atoms with Gasteiger partial charge in [0.05, 0.1) is 25.4 Å². The Morgan fingerprint density at radius 1 is 1.17 bits per heavy atom. The molecule has 0 aromatic heterocycles. The maximum atomic E-state index is 13.3. The van der Waals surface area contributed by atoms with Crippen LogP contribution in [0.15, 0.2) is 47.4 Å². The summed E-state index contributed by atoms with van der Waals surface area (Å²) < 4.78 is 34.0. The van der Waals surface area contributed by atoms with Crippen LogP contribution in [0.2, 0.25) is 0 Å². The molecular formula is C27H35N7O6S. The number of nitrogen functional groups attached to an aromatic ring is 1. The van der Waals surface area contributed by atoms with Crippen molar-refractivity contribution < 1.29 is 27.5 Å². The normalized spacial score (nSPS) is 15.9. The third-order valence-electron chi connectivity index (χ3n) is 6.90. The molecule has 1 atom stereocenters. The lowest BCUT2D eigenvalue weighted by molar-refractivity contribution is -0.145. The zero-order chi connectivity index (χ0) is 29.6. The van der Waals surface area contributed by atoms with Crippen LogP contribution in [0.5, 0.6) is 0 Å². The van der Waals surface area contributed by atoms with Crippen LogP contribution in [0.25, 0.3) is 0 Å². The summed E-state index contributed by atoms with van der Waals surface area (Å²) in [6, 6.07) is 10.6. The number of amides is 2. The second-order valence-electron chi connectivity index (χ2n) is 9.75. The van der Waals surface area contributed by atoms with E-state index in [9.17, 15) is 22.8 Å². The fraction of sp³-hybridized carbons (Fsp3) is 0.407. The molecule has 2 heterocycles. The molecule has 2 aromatic rings. The number of amidine groups is 1. The molecule has 4 rings (SSSR count). The Hall–Kier alpha value is -4.17. The Balaban J connectivity index is 1.35. The summed E-state index contributed by atoms with van der Waals surface area (Å²) in [6.07, 6.45) is 1.62. The Bertz CT molecular complexity index is 1410. The number of fused-ring (bicyclic) bond motifs is 1. The van der Waals surface area contributed by atoms with Crippen molar-refractivity contribution in [1.29, 1.82) is 5.41 Å². The highest BCUT2D eigenvalue weighted by Crippen LogP contribution is 2.29. The number of esters is 1. The molecule has 1 fully saturated rings. The lowest BCUT2D eigenvalue weighted by atomic mass is 10.0. The van der Waals surface area contributed by atoms with Crippen molar-refractivity contribution in [3.63, 3.8) is 0 Å². The van der Waals surface area contributed by atoms with E-state index >= 15 is 0 Å². The van der Waals surface area contributed by atoms with Crippen molar-refractivity contribution in [2.75, 3.05) is 56.1 Å². The molecule has 0 aliphatic carbocycles. The van der Waals surface area contributed by atoms with Crippen LogP contribution < -0.4 is 26.0 Å². The highest BCUT2D eigenvalue weighted by atomic mass is 32.2. The maximum absolute atomic E-state index is 13.3. The summed E-state index contributed by atoms with van der Waals surface area (Å²) in [4.78, 5) is 41.4. The van der Waals surface area contributed by atoms with Gasteiger partial charge in [-0.2, -0.15) is 4.72 Å². The van der Waals surface area contributed by atoms with Crippen LogP contribution in [0.4, 0.5) is 11.4 Å². The molecule has 0 bridgehead atoms. The number of aryl methyl sites for hydroxylation is 1. The van der Waals surface area contributed by atoms with Gasteiger partial charge in [0.15, 0.2) is 0 Å². The molecule has 0 saturated carbocycles. The molecule has 14 heteroatoms. The van der Waals surface area contributed by atoms with Gasteiger partial charge >= 0.3 is 5.97 Å². The summed E-state index contributed by atoms with van der Waals surface area (Å²) in [6.45, 7) is 2.51. The molecule has 13 nitrogen and oxygen atoms in total. The maximum Gasteiger partial charge on any atom is 0.326 e. The van der Waals surface area contributed by atoms with Crippen LogP contribution >= 0.6 is 0 Å². The van der Waals surface area contributed by atoms with E-state index < -0.39 is 27.9 Å². The lowest BCUT2D eigenvalue weighted by Gasteiger charge is -2.35. The first-order chi connectivity index (χ1) is 19.6. The van der Waals surface area contributed by atoms with Gasteiger partial charge < -0.3 is 30.9 Å². The average Bonchev–Trinajstić information content (AvgIpc) is 2.96. The Kier molecular flexibility index (Phi) is 9.45. The summed E-state index contributed by atoms with van der Waals surface area (Å²) in [5.41, 5.74) is 8.25. The average molecular weight is 586 g/mol. The van der Waals surface area contributed by atoms with Crippen molar-refractivity contribution in [3.05, 3.63) is 53.6 Å². The van der Waals surface area contributed by atoms with Crippen molar-refractivity contribution in [1.82, 2.24) is 14.9 Å². The fourth-order valence-corrected chi connectivity index (χ4v) is 6.17. The van der Waals surface area contributed by atoms with Gasteiger partial charge in [-0.1, -0.05) is 12.1 Å². The van der Waals surface area contributed by atoms with E-state index in [1.165, 1.54) is 11.0 Å². The monoisotopic (exact) mass is 585 g/mol. The van der Waals surface area contributed by atoms with Gasteiger partial charge in [-0.3, -0.25) is 19.8 Å². The van der Waals surface area contributed by atoms with Crippen LogP contribution in [0.1, 0.15) is 24.5 Å². The molecule has 220 valence electrons. The highest BCUT2D eigenvalue weighted by molar-refractivity contribution is 7.89. The molecule has 0 radical (unpaired) electrons. The van der Waals surface area contributed by atoms with Gasteiger partial charge in [-0.25, -0.2) is 8.42 Å². The summed E-state index contributed by atoms with van der Waals surface area (Å²) in [7, 11) is -4.14. The van der Waals surface area contributed by atoms with Crippen molar-refractivity contribution in [2.24, 2.45) is 5.73 Å². The molecule has 41 heavy (non-hydrogen) atoms. The lowest BCUT2D eigenvalue weighted by Crippen LogP contribution is -2.54. The first kappa shape index (κ1) is 29.8. The van der Waals surface area contributed by atoms with Gasteiger partial charge in [0.1, 0.15) is 16.8 Å². The molecule has 2 aliphatic rings. The van der Waals surface area contributed by atoms with Crippen LogP contribution in [0, 0.1) is 5.41 Å². The quantitative estimate of drug-likeness (QED) is 0.137. The van der Waals surface area contributed by atoms with Crippen LogP contribution in [0.3, 0.4) is 0 Å². The van der Waals surface area contributed by atoms with Crippen molar-refractivity contribution in [3.8, 4) is 0 Å². The Morgan fingerprint density at radius 2 is 1.93 bits per heavy atom. The number of carbonyl (C=O) groups is 3. The van der Waals surface area contributed by atoms with E-state index in [-0.39, 0.29) is 42.9 Å². The number of rotatable bonds is 11. The summed E-state index contributed by atoms with van der Waals surface area (Å²) >= 11 is 0. The third-order valence-corrected chi connectivity index (χ3v) is 8.41. The standard InChI is InChI=1S/C27H35N7O6S/c1-2-40-27(37)21(32-41(38,39)22-7-3-5-18-6-4-12-30-25(18)22)15-31-23(35)16-34-14-13-33(17-24(34)36)20-10-8-19(9-11-20)26(28)29/h3,5,7-11,21,30,32H,2,4,6,12-17H2,1H3,(H3,28,29)(H,31,35)/t21-/m0/s1. The smallest absolute Gasteiger partial charge is 0.326 e. The first-order valence-electron chi connectivity index (χ1n) is 13.4. The molecule has 0 unspecified atom stereocenters. The highest BCUT2D eigenvalue weighted by Gasteiger charge is 2.31.